The first-order valence-corrected chi connectivity index (χ1v) is 6.48. The van der Waals surface area contributed by atoms with E-state index in [1.54, 1.807) is 17.0 Å². The Kier molecular flexibility index (Phi) is 5.85. The molecule has 0 saturated carbocycles. The zero-order valence-electron chi connectivity index (χ0n) is 11.7. The molecule has 0 aromatic carbocycles. The van der Waals surface area contributed by atoms with Gasteiger partial charge in [0.2, 0.25) is 0 Å². The van der Waals surface area contributed by atoms with E-state index in [0.717, 1.165) is 19.6 Å². The Balaban J connectivity index is 2.69. The molecular formula is C13H24N4O. The number of hydrogen-bond donors (Lipinski definition) is 2. The molecule has 1 aromatic heterocycles. The first kappa shape index (κ1) is 14.7. The molecule has 1 atom stereocenters. The summed E-state index contributed by atoms with van der Waals surface area (Å²) in [5.74, 6) is 1.34. The van der Waals surface area contributed by atoms with Crippen molar-refractivity contribution in [3.8, 4) is 0 Å². The van der Waals surface area contributed by atoms with Crippen molar-refractivity contribution in [3.63, 3.8) is 0 Å². The number of hydrogen-bond acceptors (Lipinski definition) is 4. The topological polar surface area (TPSA) is 59.0 Å². The minimum atomic E-state index is -0.0390. The van der Waals surface area contributed by atoms with E-state index in [9.17, 15) is 4.79 Å². The van der Waals surface area contributed by atoms with Gasteiger partial charge in [-0.15, -0.1) is 0 Å². The molecule has 0 saturated heterocycles. The maximum atomic E-state index is 12.1. The highest BCUT2D eigenvalue weighted by Gasteiger charge is 2.07. The van der Waals surface area contributed by atoms with E-state index in [0.29, 0.717) is 17.7 Å². The first-order chi connectivity index (χ1) is 8.54. The second-order valence-electron chi connectivity index (χ2n) is 5.17. The van der Waals surface area contributed by atoms with Gasteiger partial charge >= 0.3 is 0 Å². The highest BCUT2D eigenvalue weighted by atomic mass is 16.1. The Labute approximate surface area is 109 Å². The smallest absolute Gasteiger partial charge is 0.293 e. The number of aromatic nitrogens is 2. The van der Waals surface area contributed by atoms with E-state index in [4.69, 9.17) is 0 Å². The highest BCUT2D eigenvalue weighted by molar-refractivity contribution is 5.30. The van der Waals surface area contributed by atoms with Crippen molar-refractivity contribution >= 4 is 5.82 Å². The fraction of sp³-hybridized carbons (Fsp3) is 0.692. The van der Waals surface area contributed by atoms with Crippen molar-refractivity contribution in [1.29, 1.82) is 0 Å². The van der Waals surface area contributed by atoms with Crippen LogP contribution in [0.3, 0.4) is 0 Å². The van der Waals surface area contributed by atoms with Crippen molar-refractivity contribution in [2.24, 2.45) is 11.8 Å². The van der Waals surface area contributed by atoms with Gasteiger partial charge in [0.1, 0.15) is 0 Å². The lowest BCUT2D eigenvalue weighted by Gasteiger charge is -2.13. The lowest BCUT2D eigenvalue weighted by Crippen LogP contribution is -2.29. The van der Waals surface area contributed by atoms with Gasteiger partial charge in [-0.2, -0.15) is 0 Å². The lowest BCUT2D eigenvalue weighted by atomic mass is 10.2. The molecule has 0 aliphatic heterocycles. The molecule has 1 heterocycles. The second-order valence-corrected chi connectivity index (χ2v) is 5.17. The van der Waals surface area contributed by atoms with Crippen molar-refractivity contribution in [1.82, 2.24) is 14.9 Å². The van der Waals surface area contributed by atoms with Crippen molar-refractivity contribution in [3.05, 3.63) is 22.7 Å². The molecular weight excluding hydrogens is 228 g/mol. The van der Waals surface area contributed by atoms with Crippen LogP contribution in [0, 0.1) is 11.8 Å². The number of nitrogens with zero attached hydrogens (tertiary/aromatic N) is 2. The minimum Gasteiger partial charge on any atom is -0.365 e. The molecule has 0 bridgehead atoms. The summed E-state index contributed by atoms with van der Waals surface area (Å²) in [6.45, 7) is 8.69. The number of rotatable bonds is 7. The molecule has 5 heteroatoms. The van der Waals surface area contributed by atoms with Crippen molar-refractivity contribution in [2.75, 3.05) is 25.5 Å². The Hall–Kier alpha value is -1.36. The van der Waals surface area contributed by atoms with Gasteiger partial charge in [0.25, 0.3) is 5.56 Å². The molecule has 18 heavy (non-hydrogen) atoms. The SMILES string of the molecule is CNCC(C)CNc1nccn(CC(C)C)c1=O. The molecule has 0 fully saturated rings. The second kappa shape index (κ2) is 7.16. The van der Waals surface area contributed by atoms with E-state index < -0.39 is 0 Å². The van der Waals surface area contributed by atoms with Gasteiger partial charge in [-0.3, -0.25) is 4.79 Å². The van der Waals surface area contributed by atoms with Gasteiger partial charge in [-0.25, -0.2) is 4.98 Å². The van der Waals surface area contributed by atoms with Crippen molar-refractivity contribution < 1.29 is 0 Å². The Morgan fingerprint density at radius 2 is 2.06 bits per heavy atom. The molecule has 5 nitrogen and oxygen atoms in total. The van der Waals surface area contributed by atoms with Gasteiger partial charge in [0.15, 0.2) is 5.82 Å². The Morgan fingerprint density at radius 1 is 1.33 bits per heavy atom. The average Bonchev–Trinajstić information content (AvgIpc) is 2.30. The highest BCUT2D eigenvalue weighted by Crippen LogP contribution is 2.00. The Bertz CT molecular complexity index is 414. The van der Waals surface area contributed by atoms with Crippen LogP contribution in [0.5, 0.6) is 0 Å². The molecule has 0 aliphatic rings. The van der Waals surface area contributed by atoms with Crippen LogP contribution in [0.4, 0.5) is 5.82 Å². The van der Waals surface area contributed by atoms with Crippen LogP contribution < -0.4 is 16.2 Å². The standard InChI is InChI=1S/C13H24N4O/c1-10(2)9-17-6-5-15-12(13(17)18)16-8-11(3)7-14-4/h5-6,10-11,14H,7-9H2,1-4H3,(H,15,16). The summed E-state index contributed by atoms with van der Waals surface area (Å²) in [5.41, 5.74) is -0.0390. The van der Waals surface area contributed by atoms with E-state index in [1.807, 2.05) is 7.05 Å². The van der Waals surface area contributed by atoms with Crippen LogP contribution >= 0.6 is 0 Å². The predicted octanol–water partition coefficient (Wildman–Crippen LogP) is 1.17. The molecule has 0 aliphatic carbocycles. The first-order valence-electron chi connectivity index (χ1n) is 6.48. The van der Waals surface area contributed by atoms with E-state index in [2.05, 4.69) is 36.4 Å². The van der Waals surface area contributed by atoms with Crippen LogP contribution in [-0.2, 0) is 6.54 Å². The zero-order valence-corrected chi connectivity index (χ0v) is 11.7. The summed E-state index contributed by atoms with van der Waals surface area (Å²) >= 11 is 0. The fourth-order valence-electron chi connectivity index (χ4n) is 1.80. The molecule has 1 unspecified atom stereocenters. The molecule has 1 rings (SSSR count). The fourth-order valence-corrected chi connectivity index (χ4v) is 1.80. The van der Waals surface area contributed by atoms with Gasteiger partial charge in [0, 0.05) is 25.5 Å². The summed E-state index contributed by atoms with van der Waals surface area (Å²) in [4.78, 5) is 16.2. The zero-order chi connectivity index (χ0) is 13.5. The molecule has 0 spiro atoms. The molecule has 0 radical (unpaired) electrons. The lowest BCUT2D eigenvalue weighted by molar-refractivity contribution is 0.508. The number of nitrogens with one attached hydrogen (secondary N) is 2. The third-order valence-electron chi connectivity index (χ3n) is 2.65. The molecule has 1 aromatic rings. The van der Waals surface area contributed by atoms with Gasteiger partial charge < -0.3 is 15.2 Å². The van der Waals surface area contributed by atoms with E-state index in [-0.39, 0.29) is 5.56 Å². The average molecular weight is 252 g/mol. The Morgan fingerprint density at radius 3 is 2.67 bits per heavy atom. The van der Waals surface area contributed by atoms with Gasteiger partial charge in [-0.1, -0.05) is 20.8 Å². The van der Waals surface area contributed by atoms with E-state index >= 15 is 0 Å². The van der Waals surface area contributed by atoms with Crippen LogP contribution in [0.1, 0.15) is 20.8 Å². The van der Waals surface area contributed by atoms with Gasteiger partial charge in [0.05, 0.1) is 0 Å². The summed E-state index contributed by atoms with van der Waals surface area (Å²) in [6, 6.07) is 0. The third-order valence-corrected chi connectivity index (χ3v) is 2.65. The summed E-state index contributed by atoms with van der Waals surface area (Å²) in [5, 5.41) is 6.24. The van der Waals surface area contributed by atoms with Gasteiger partial charge in [-0.05, 0) is 25.4 Å². The predicted molar refractivity (Wildman–Crippen MR) is 74.9 cm³/mol. The largest absolute Gasteiger partial charge is 0.365 e. The monoisotopic (exact) mass is 252 g/mol. The van der Waals surface area contributed by atoms with Crippen LogP contribution in [0.25, 0.3) is 0 Å². The third kappa shape index (κ3) is 4.49. The summed E-state index contributed by atoms with van der Waals surface area (Å²) in [7, 11) is 1.92. The maximum absolute atomic E-state index is 12.1. The maximum Gasteiger partial charge on any atom is 0.293 e. The summed E-state index contributed by atoms with van der Waals surface area (Å²) in [6.07, 6.45) is 3.42. The normalized spacial score (nSPS) is 12.7. The minimum absolute atomic E-state index is 0.0390. The molecule has 2 N–H and O–H groups in total. The van der Waals surface area contributed by atoms with Crippen LogP contribution in [0.15, 0.2) is 17.2 Å². The summed E-state index contributed by atoms with van der Waals surface area (Å²) < 4.78 is 1.71. The van der Waals surface area contributed by atoms with E-state index in [1.165, 1.54) is 0 Å². The number of anilines is 1. The van der Waals surface area contributed by atoms with Crippen LogP contribution in [-0.4, -0.2) is 29.7 Å². The molecule has 102 valence electrons. The van der Waals surface area contributed by atoms with Crippen LogP contribution in [0.2, 0.25) is 0 Å². The molecule has 0 amide bonds. The quantitative estimate of drug-likeness (QED) is 0.765. The van der Waals surface area contributed by atoms with Crippen molar-refractivity contribution in [2.45, 2.75) is 27.3 Å².